The van der Waals surface area contributed by atoms with Crippen molar-refractivity contribution < 1.29 is 9.53 Å². The normalized spacial score (nSPS) is 14.0. The van der Waals surface area contributed by atoms with Crippen molar-refractivity contribution in [3.63, 3.8) is 0 Å². The van der Waals surface area contributed by atoms with E-state index in [1.807, 2.05) is 51.4 Å². The lowest BCUT2D eigenvalue weighted by Gasteiger charge is -2.20. The Hall–Kier alpha value is -4.19. The molecule has 0 atom stereocenters. The second-order valence-corrected chi connectivity index (χ2v) is 13.4. The van der Waals surface area contributed by atoms with Gasteiger partial charge < -0.3 is 13.9 Å². The van der Waals surface area contributed by atoms with Crippen molar-refractivity contribution in [2.24, 2.45) is 5.92 Å². The van der Waals surface area contributed by atoms with Crippen LogP contribution < -0.4 is 0 Å². The van der Waals surface area contributed by atoms with Gasteiger partial charge in [-0.15, -0.1) is 0 Å². The highest BCUT2D eigenvalue weighted by Gasteiger charge is 2.21. The molecule has 2 heterocycles. The highest BCUT2D eigenvalue weighted by molar-refractivity contribution is 5.97. The average Bonchev–Trinajstić information content (AvgIpc) is 3.75. The maximum absolute atomic E-state index is 13.0. The summed E-state index contributed by atoms with van der Waals surface area (Å²) in [6, 6.07) is 20.7. The molecule has 0 radical (unpaired) electrons. The zero-order valence-corrected chi connectivity index (χ0v) is 26.8. The molecule has 0 amide bonds. The molecule has 1 aliphatic carbocycles. The first-order valence-electron chi connectivity index (χ1n) is 16.1. The molecule has 0 aliphatic heterocycles. The lowest BCUT2D eigenvalue weighted by molar-refractivity contribution is 0.00704. The summed E-state index contributed by atoms with van der Waals surface area (Å²) in [6.45, 7) is 11.8. The van der Waals surface area contributed by atoms with Crippen molar-refractivity contribution in [2.45, 2.75) is 91.8 Å². The Kier molecular flexibility index (Phi) is 8.44. The van der Waals surface area contributed by atoms with Gasteiger partial charge in [-0.1, -0.05) is 62.2 Å². The van der Waals surface area contributed by atoms with Gasteiger partial charge in [0.25, 0.3) is 0 Å². The Morgan fingerprint density at radius 1 is 1.00 bits per heavy atom. The van der Waals surface area contributed by atoms with Crippen LogP contribution in [0.3, 0.4) is 0 Å². The summed E-state index contributed by atoms with van der Waals surface area (Å²) in [5.74, 6) is 1.58. The van der Waals surface area contributed by atoms with Crippen LogP contribution >= 0.6 is 0 Å². The lowest BCUT2D eigenvalue weighted by Crippen LogP contribution is -2.24. The molecule has 1 saturated carbocycles. The van der Waals surface area contributed by atoms with Crippen molar-refractivity contribution in [3.05, 3.63) is 95.7 Å². The third-order valence-electron chi connectivity index (χ3n) is 8.62. The summed E-state index contributed by atoms with van der Waals surface area (Å²) in [5, 5.41) is 0. The van der Waals surface area contributed by atoms with Gasteiger partial charge in [0.1, 0.15) is 11.4 Å². The maximum atomic E-state index is 13.0. The standard InChI is InChI=1S/C38H44N4O2/c1-6-11-35-40-36-26(2)20-30(33-24-41(25-39-33)22-27-12-7-8-13-27)21-34(36)42(35)23-28-16-18-29(19-17-28)31-14-9-10-15-32(31)37(43)44-38(3,4)5/h9-10,14-21,24-25,27H,6-8,11-13,22-23H2,1-5H3. The lowest BCUT2D eigenvalue weighted by atomic mass is 9.98. The van der Waals surface area contributed by atoms with Gasteiger partial charge in [0.05, 0.1) is 28.6 Å². The zero-order valence-electron chi connectivity index (χ0n) is 26.8. The molecule has 44 heavy (non-hydrogen) atoms. The van der Waals surface area contributed by atoms with E-state index in [0.29, 0.717) is 5.56 Å². The number of esters is 1. The summed E-state index contributed by atoms with van der Waals surface area (Å²) in [6.07, 6.45) is 11.5. The van der Waals surface area contributed by atoms with Crippen LogP contribution in [-0.4, -0.2) is 30.7 Å². The van der Waals surface area contributed by atoms with Crippen LogP contribution in [0.1, 0.15) is 87.1 Å². The maximum Gasteiger partial charge on any atom is 0.339 e. The Balaban J connectivity index is 1.30. The van der Waals surface area contributed by atoms with E-state index < -0.39 is 5.60 Å². The molecule has 0 unspecified atom stereocenters. The monoisotopic (exact) mass is 588 g/mol. The first-order valence-corrected chi connectivity index (χ1v) is 16.1. The minimum Gasteiger partial charge on any atom is -0.456 e. The summed E-state index contributed by atoms with van der Waals surface area (Å²) in [4.78, 5) is 22.9. The number of aryl methyl sites for hydroxylation is 2. The minimum absolute atomic E-state index is 0.305. The van der Waals surface area contributed by atoms with E-state index in [1.165, 1.54) is 36.8 Å². The number of hydrogen-bond acceptors (Lipinski definition) is 4. The van der Waals surface area contributed by atoms with Crippen LogP contribution in [0.15, 0.2) is 73.2 Å². The number of imidazole rings is 2. The second-order valence-electron chi connectivity index (χ2n) is 13.4. The van der Waals surface area contributed by atoms with Crippen LogP contribution in [0.4, 0.5) is 0 Å². The summed E-state index contributed by atoms with van der Waals surface area (Å²) < 4.78 is 10.3. The largest absolute Gasteiger partial charge is 0.456 e. The molecular weight excluding hydrogens is 544 g/mol. The van der Waals surface area contributed by atoms with Gasteiger partial charge in [-0.25, -0.2) is 14.8 Å². The molecule has 6 heteroatoms. The number of carbonyl (C=O) groups excluding carboxylic acids is 1. The van der Waals surface area contributed by atoms with Crippen molar-refractivity contribution in [3.8, 4) is 22.4 Å². The number of benzene rings is 3. The van der Waals surface area contributed by atoms with Crippen molar-refractivity contribution in [2.75, 3.05) is 0 Å². The van der Waals surface area contributed by atoms with E-state index >= 15 is 0 Å². The fraction of sp³-hybridized carbons (Fsp3) is 0.395. The molecule has 0 saturated heterocycles. The summed E-state index contributed by atoms with van der Waals surface area (Å²) in [5.41, 5.74) is 8.62. The van der Waals surface area contributed by atoms with Gasteiger partial charge >= 0.3 is 5.97 Å². The smallest absolute Gasteiger partial charge is 0.339 e. The molecule has 0 N–H and O–H groups in total. The summed E-state index contributed by atoms with van der Waals surface area (Å²) >= 11 is 0. The van der Waals surface area contributed by atoms with Gasteiger partial charge in [0, 0.05) is 31.3 Å². The Morgan fingerprint density at radius 2 is 1.75 bits per heavy atom. The molecule has 2 aromatic heterocycles. The number of rotatable bonds is 9. The van der Waals surface area contributed by atoms with Crippen molar-refractivity contribution in [1.82, 2.24) is 19.1 Å². The van der Waals surface area contributed by atoms with E-state index in [1.54, 1.807) is 0 Å². The fourth-order valence-electron chi connectivity index (χ4n) is 6.50. The topological polar surface area (TPSA) is 61.9 Å². The summed E-state index contributed by atoms with van der Waals surface area (Å²) in [7, 11) is 0. The molecular formula is C38H44N4O2. The van der Waals surface area contributed by atoms with Crippen molar-refractivity contribution in [1.29, 1.82) is 0 Å². The number of carbonyl (C=O) groups is 1. The highest BCUT2D eigenvalue weighted by Crippen LogP contribution is 2.31. The highest BCUT2D eigenvalue weighted by atomic mass is 16.6. The number of aromatic nitrogens is 4. The molecule has 0 bridgehead atoms. The molecule has 1 aliphatic rings. The first-order chi connectivity index (χ1) is 21.2. The third-order valence-corrected chi connectivity index (χ3v) is 8.62. The fourth-order valence-corrected chi connectivity index (χ4v) is 6.50. The Labute approximate surface area is 261 Å². The second kappa shape index (κ2) is 12.4. The van der Waals surface area contributed by atoms with E-state index in [4.69, 9.17) is 14.7 Å². The van der Waals surface area contributed by atoms with Gasteiger partial charge in [-0.05, 0) is 93.3 Å². The molecule has 1 fully saturated rings. The molecule has 6 nitrogen and oxygen atoms in total. The Morgan fingerprint density at radius 3 is 2.48 bits per heavy atom. The predicted molar refractivity (Wildman–Crippen MR) is 178 cm³/mol. The van der Waals surface area contributed by atoms with Crippen LogP contribution in [0.2, 0.25) is 0 Å². The van der Waals surface area contributed by atoms with Crippen LogP contribution in [0, 0.1) is 12.8 Å². The van der Waals surface area contributed by atoms with Gasteiger partial charge in [0.15, 0.2) is 0 Å². The van der Waals surface area contributed by atoms with Gasteiger partial charge in [0.2, 0.25) is 0 Å². The van der Waals surface area contributed by atoms with Crippen LogP contribution in [-0.2, 0) is 24.2 Å². The SMILES string of the molecule is CCCc1nc2c(C)cc(-c3cn(CC4CCCC4)cn3)cc2n1Cc1ccc(-c2ccccc2C(=O)OC(C)(C)C)cc1. The number of ether oxygens (including phenoxy) is 1. The van der Waals surface area contributed by atoms with Crippen LogP contribution in [0.5, 0.6) is 0 Å². The molecule has 228 valence electrons. The van der Waals surface area contributed by atoms with Crippen molar-refractivity contribution >= 4 is 17.0 Å². The first kappa shape index (κ1) is 29.9. The molecule has 5 aromatic rings. The Bertz CT molecular complexity index is 1770. The quantitative estimate of drug-likeness (QED) is 0.161. The van der Waals surface area contributed by atoms with E-state index in [-0.39, 0.29) is 5.97 Å². The van der Waals surface area contributed by atoms with E-state index in [0.717, 1.165) is 71.1 Å². The minimum atomic E-state index is -0.550. The average molecular weight is 589 g/mol. The third kappa shape index (κ3) is 6.50. The van der Waals surface area contributed by atoms with E-state index in [9.17, 15) is 4.79 Å². The molecule has 6 rings (SSSR count). The molecule has 0 spiro atoms. The zero-order chi connectivity index (χ0) is 30.8. The van der Waals surface area contributed by atoms with Crippen LogP contribution in [0.25, 0.3) is 33.4 Å². The van der Waals surface area contributed by atoms with Gasteiger partial charge in [-0.2, -0.15) is 0 Å². The number of fused-ring (bicyclic) bond motifs is 1. The number of nitrogens with zero attached hydrogens (tertiary/aromatic N) is 4. The predicted octanol–water partition coefficient (Wildman–Crippen LogP) is 9.02. The number of hydrogen-bond donors (Lipinski definition) is 0. The molecule has 3 aromatic carbocycles. The van der Waals surface area contributed by atoms with E-state index in [2.05, 4.69) is 65.6 Å². The van der Waals surface area contributed by atoms with Gasteiger partial charge in [-0.3, -0.25) is 0 Å².